The van der Waals surface area contributed by atoms with Crippen molar-refractivity contribution in [2.75, 3.05) is 12.1 Å². The molecule has 0 radical (unpaired) electrons. The lowest BCUT2D eigenvalue weighted by Crippen LogP contribution is -2.21. The molecule has 92 valence electrons. The highest BCUT2D eigenvalue weighted by Gasteiger charge is 2.00. The zero-order chi connectivity index (χ0) is 13.0. The van der Waals surface area contributed by atoms with Crippen molar-refractivity contribution in [2.24, 2.45) is 12.1 Å². The summed E-state index contributed by atoms with van der Waals surface area (Å²) in [5.74, 6) is 0. The summed E-state index contributed by atoms with van der Waals surface area (Å²) in [6, 6.07) is 11.3. The number of aromatic nitrogens is 2. The van der Waals surface area contributed by atoms with Gasteiger partial charge < -0.3 is 0 Å². The fraction of sp³-hybridized carbons (Fsp3) is 0.154. The minimum Gasteiger partial charge on any atom is -0.268 e. The molecule has 1 heterocycles. The highest BCUT2D eigenvalue weighted by molar-refractivity contribution is 5.80. The number of rotatable bonds is 3. The summed E-state index contributed by atoms with van der Waals surface area (Å²) in [5.41, 5.74) is 1.50. The third-order valence-electron chi connectivity index (χ3n) is 2.51. The second-order valence-corrected chi connectivity index (χ2v) is 3.85. The normalized spacial score (nSPS) is 10.8. The van der Waals surface area contributed by atoms with E-state index in [2.05, 4.69) is 10.2 Å². The van der Waals surface area contributed by atoms with E-state index in [-0.39, 0.29) is 5.56 Å². The molecule has 2 rings (SSSR count). The van der Waals surface area contributed by atoms with E-state index in [1.165, 1.54) is 10.7 Å². The lowest BCUT2D eigenvalue weighted by molar-refractivity contribution is 0.704. The minimum atomic E-state index is -0.158. The maximum Gasteiger partial charge on any atom is 0.268 e. The Hall–Kier alpha value is -2.43. The number of aryl methyl sites for hydroxylation is 1. The van der Waals surface area contributed by atoms with Crippen LogP contribution in [0.4, 0.5) is 5.69 Å². The monoisotopic (exact) mass is 242 g/mol. The van der Waals surface area contributed by atoms with Gasteiger partial charge in [-0.05, 0) is 5.56 Å². The molecule has 0 atom stereocenters. The van der Waals surface area contributed by atoms with Crippen LogP contribution in [0.15, 0.2) is 52.5 Å². The average Bonchev–Trinajstić information content (AvgIpc) is 2.40. The van der Waals surface area contributed by atoms with Crippen molar-refractivity contribution in [1.29, 1.82) is 0 Å². The molecule has 1 aromatic carbocycles. The third kappa shape index (κ3) is 2.82. The van der Waals surface area contributed by atoms with E-state index in [1.54, 1.807) is 31.5 Å². The van der Waals surface area contributed by atoms with Gasteiger partial charge >= 0.3 is 0 Å². The molecule has 0 fully saturated rings. The lowest BCUT2D eigenvalue weighted by Gasteiger charge is -2.11. The predicted octanol–water partition coefficient (Wildman–Crippen LogP) is 1.25. The number of hydrazone groups is 1. The molecule has 2 aromatic rings. The third-order valence-corrected chi connectivity index (χ3v) is 2.51. The summed E-state index contributed by atoms with van der Waals surface area (Å²) in [5, 5.41) is 9.81. The van der Waals surface area contributed by atoms with Gasteiger partial charge in [0.1, 0.15) is 0 Å². The SMILES string of the molecule is CN(/N=C/c1ccccc1)c1cnn(C)c(=O)c1. The van der Waals surface area contributed by atoms with Crippen LogP contribution in [-0.4, -0.2) is 23.0 Å². The van der Waals surface area contributed by atoms with Crippen molar-refractivity contribution in [1.82, 2.24) is 9.78 Å². The van der Waals surface area contributed by atoms with E-state index in [1.807, 2.05) is 30.3 Å². The molecule has 0 saturated carbocycles. The summed E-state index contributed by atoms with van der Waals surface area (Å²) in [6.45, 7) is 0. The highest BCUT2D eigenvalue weighted by Crippen LogP contribution is 2.07. The van der Waals surface area contributed by atoms with E-state index in [9.17, 15) is 4.79 Å². The van der Waals surface area contributed by atoms with Gasteiger partial charge in [0.05, 0.1) is 18.1 Å². The van der Waals surface area contributed by atoms with E-state index in [4.69, 9.17) is 0 Å². The Morgan fingerprint density at radius 1 is 1.33 bits per heavy atom. The molecule has 18 heavy (non-hydrogen) atoms. The molecule has 0 amide bonds. The van der Waals surface area contributed by atoms with Gasteiger partial charge in [-0.1, -0.05) is 30.3 Å². The zero-order valence-corrected chi connectivity index (χ0v) is 10.3. The second kappa shape index (κ2) is 5.27. The van der Waals surface area contributed by atoms with Crippen molar-refractivity contribution in [3.05, 3.63) is 58.5 Å². The Labute approximate surface area is 105 Å². The van der Waals surface area contributed by atoms with Crippen molar-refractivity contribution >= 4 is 11.9 Å². The first kappa shape index (κ1) is 12.0. The van der Waals surface area contributed by atoms with E-state index in [0.29, 0.717) is 5.69 Å². The topological polar surface area (TPSA) is 50.5 Å². The first-order chi connectivity index (χ1) is 8.66. The van der Waals surface area contributed by atoms with E-state index >= 15 is 0 Å². The van der Waals surface area contributed by atoms with Gasteiger partial charge in [0.2, 0.25) is 0 Å². The number of hydrogen-bond donors (Lipinski definition) is 0. The maximum absolute atomic E-state index is 11.4. The summed E-state index contributed by atoms with van der Waals surface area (Å²) in [6.07, 6.45) is 3.33. The zero-order valence-electron chi connectivity index (χ0n) is 10.3. The molecule has 5 nitrogen and oxygen atoms in total. The second-order valence-electron chi connectivity index (χ2n) is 3.85. The Bertz CT molecular complexity index is 604. The number of benzene rings is 1. The summed E-state index contributed by atoms with van der Waals surface area (Å²) >= 11 is 0. The molecule has 5 heteroatoms. The van der Waals surface area contributed by atoms with Crippen LogP contribution in [0, 0.1) is 0 Å². The number of nitrogens with zero attached hydrogens (tertiary/aromatic N) is 4. The standard InChI is InChI=1S/C13H14N4O/c1-16(12-8-13(18)17(2)15-10-12)14-9-11-6-4-3-5-7-11/h3-10H,1-2H3/b14-9+. The van der Waals surface area contributed by atoms with Crippen molar-refractivity contribution in [3.8, 4) is 0 Å². The molecular weight excluding hydrogens is 228 g/mol. The molecule has 0 aliphatic carbocycles. The molecule has 1 aromatic heterocycles. The maximum atomic E-state index is 11.4. The molecule has 0 bridgehead atoms. The van der Waals surface area contributed by atoms with Gasteiger partial charge in [0, 0.05) is 20.2 Å². The smallest absolute Gasteiger partial charge is 0.268 e. The molecule has 0 spiro atoms. The quantitative estimate of drug-likeness (QED) is 0.601. The number of anilines is 1. The Kier molecular flexibility index (Phi) is 3.52. The molecule has 0 saturated heterocycles. The number of hydrogen-bond acceptors (Lipinski definition) is 4. The Morgan fingerprint density at radius 2 is 2.06 bits per heavy atom. The summed E-state index contributed by atoms with van der Waals surface area (Å²) in [7, 11) is 3.38. The fourth-order valence-corrected chi connectivity index (χ4v) is 1.40. The summed E-state index contributed by atoms with van der Waals surface area (Å²) < 4.78 is 1.28. The van der Waals surface area contributed by atoms with Crippen molar-refractivity contribution in [2.45, 2.75) is 0 Å². The molecular formula is C13H14N4O. The van der Waals surface area contributed by atoms with Gasteiger partial charge in [-0.15, -0.1) is 0 Å². The Balaban J connectivity index is 2.17. The van der Waals surface area contributed by atoms with Crippen LogP contribution < -0.4 is 10.6 Å². The molecule has 0 aliphatic heterocycles. The van der Waals surface area contributed by atoms with Crippen LogP contribution in [0.1, 0.15) is 5.56 Å². The fourth-order valence-electron chi connectivity index (χ4n) is 1.40. The van der Waals surface area contributed by atoms with Crippen molar-refractivity contribution < 1.29 is 0 Å². The minimum absolute atomic E-state index is 0.158. The predicted molar refractivity (Wildman–Crippen MR) is 71.9 cm³/mol. The van der Waals surface area contributed by atoms with Crippen LogP contribution >= 0.6 is 0 Å². The molecule has 0 aliphatic rings. The largest absolute Gasteiger partial charge is 0.268 e. The van der Waals surface area contributed by atoms with Gasteiger partial charge in [-0.3, -0.25) is 9.80 Å². The van der Waals surface area contributed by atoms with Crippen LogP contribution in [-0.2, 0) is 7.05 Å². The van der Waals surface area contributed by atoms with Crippen molar-refractivity contribution in [3.63, 3.8) is 0 Å². The molecule has 0 N–H and O–H groups in total. The van der Waals surface area contributed by atoms with Gasteiger partial charge in [0.25, 0.3) is 5.56 Å². The van der Waals surface area contributed by atoms with Crippen LogP contribution in [0.5, 0.6) is 0 Å². The Morgan fingerprint density at radius 3 is 2.72 bits per heavy atom. The first-order valence-corrected chi connectivity index (χ1v) is 5.53. The van der Waals surface area contributed by atoms with E-state index < -0.39 is 0 Å². The van der Waals surface area contributed by atoms with E-state index in [0.717, 1.165) is 5.56 Å². The molecule has 0 unspecified atom stereocenters. The van der Waals surface area contributed by atoms with Crippen LogP contribution in [0.2, 0.25) is 0 Å². The van der Waals surface area contributed by atoms with Gasteiger partial charge in [-0.2, -0.15) is 10.2 Å². The van der Waals surface area contributed by atoms with Crippen LogP contribution in [0.25, 0.3) is 0 Å². The highest BCUT2D eigenvalue weighted by atomic mass is 16.1. The van der Waals surface area contributed by atoms with Gasteiger partial charge in [0.15, 0.2) is 0 Å². The van der Waals surface area contributed by atoms with Crippen LogP contribution in [0.3, 0.4) is 0 Å². The van der Waals surface area contributed by atoms with Gasteiger partial charge in [-0.25, -0.2) is 4.68 Å². The summed E-state index contributed by atoms with van der Waals surface area (Å²) in [4.78, 5) is 11.4. The first-order valence-electron chi connectivity index (χ1n) is 5.53. The lowest BCUT2D eigenvalue weighted by atomic mass is 10.2. The average molecular weight is 242 g/mol.